The highest BCUT2D eigenvalue weighted by atomic mass is 32.2. The van der Waals surface area contributed by atoms with Crippen molar-refractivity contribution in [1.29, 1.82) is 0 Å². The number of carbonyl (C=O) groups excluding carboxylic acids is 4. The molecule has 396 valence electrons. The van der Waals surface area contributed by atoms with E-state index in [2.05, 4.69) is 53.2 Å². The summed E-state index contributed by atoms with van der Waals surface area (Å²) in [5, 5.41) is 16.0. The maximum atomic E-state index is 14.8. The highest BCUT2D eigenvalue weighted by Gasteiger charge is 2.64. The van der Waals surface area contributed by atoms with Gasteiger partial charge >= 0.3 is 5.97 Å². The number of nitrogens with one attached hydrogen (secondary N) is 2. The molecule has 5 heterocycles. The quantitative estimate of drug-likeness (QED) is 0.0704. The Morgan fingerprint density at radius 2 is 1.81 bits per heavy atom. The molecule has 17 nitrogen and oxygen atoms in total. The van der Waals surface area contributed by atoms with E-state index in [1.807, 2.05) is 49.5 Å². The van der Waals surface area contributed by atoms with Gasteiger partial charge in [-0.2, -0.15) is 4.31 Å². The van der Waals surface area contributed by atoms with Gasteiger partial charge in [0, 0.05) is 79.7 Å². The van der Waals surface area contributed by atoms with Crippen LogP contribution < -0.4 is 10.7 Å². The van der Waals surface area contributed by atoms with E-state index in [1.54, 1.807) is 39.3 Å². The number of pyridine rings is 1. The molecule has 19 heteroatoms. The first-order valence-electron chi connectivity index (χ1n) is 25.6. The topological polar surface area (TPSA) is 196 Å². The number of nitrogens with zero attached hydrogens (tertiary/aromatic N) is 6. The number of benzene rings is 2. The number of hydrogen-bond acceptors (Lipinski definition) is 13. The van der Waals surface area contributed by atoms with E-state index in [4.69, 9.17) is 9.47 Å². The zero-order valence-electron chi connectivity index (χ0n) is 44.2. The van der Waals surface area contributed by atoms with Crippen molar-refractivity contribution < 1.29 is 42.2 Å². The number of aromatic nitrogens is 2. The maximum absolute atomic E-state index is 14.8. The van der Waals surface area contributed by atoms with Gasteiger partial charge in [-0.05, 0) is 130 Å². The Morgan fingerprint density at radius 3 is 2.48 bits per heavy atom. The molecule has 6 bridgehead atoms. The molecule has 1 saturated carbocycles. The number of hydrogen-bond donors (Lipinski definition) is 3. The standard InChI is InChI=1S/C54H74N8O9S2/c1-12-60-44-18-17-35-26-39(44)40(48(60)41-28-55-20-19-36(41)30-70-11)27-54(7,8)31-71-52(67)42-14-13-21-61(57-42)50(66)43(24-33-22-37(35)25-38(63)23-33)56-49(65)46(32(2)3)59(10)45(64)29-58(9)73(68,69)51-47(34-15-16-34)62(51)72-53(4,5)6/h17-20,22-23,25-26,28,32,34,42-43,46-47,51,57,63H,12-16,21,24,27,29-31H2,1-11H3,(H,56,65)/t42-,43-,46?,47?,51+,62?/m0/s1. The van der Waals surface area contributed by atoms with Gasteiger partial charge in [-0.3, -0.25) is 29.2 Å². The Bertz CT molecular complexity index is 2860. The van der Waals surface area contributed by atoms with E-state index < -0.39 is 75.1 Å². The van der Waals surface area contributed by atoms with Crippen molar-refractivity contribution in [3.63, 3.8) is 0 Å². The minimum absolute atomic E-state index is 0.0367. The molecule has 3 fully saturated rings. The van der Waals surface area contributed by atoms with Gasteiger partial charge in [-0.25, -0.2) is 18.1 Å². The molecular weight excluding hydrogens is 969 g/mol. The van der Waals surface area contributed by atoms with Gasteiger partial charge in [0.25, 0.3) is 5.91 Å². The van der Waals surface area contributed by atoms with Crippen LogP contribution in [0.3, 0.4) is 0 Å². The second-order valence-electron chi connectivity index (χ2n) is 22.5. The van der Waals surface area contributed by atoms with E-state index in [1.165, 1.54) is 36.0 Å². The average molecular weight is 1040 g/mol. The van der Waals surface area contributed by atoms with Gasteiger partial charge in [-0.1, -0.05) is 51.8 Å². The van der Waals surface area contributed by atoms with E-state index in [9.17, 15) is 32.7 Å². The number of rotatable bonds is 14. The first kappa shape index (κ1) is 54.2. The van der Waals surface area contributed by atoms with Crippen LogP contribution in [0, 0.1) is 17.3 Å². The third kappa shape index (κ3) is 11.8. The number of carbonyl (C=O) groups is 4. The number of cyclic esters (lactones) is 1. The summed E-state index contributed by atoms with van der Waals surface area (Å²) in [5.74, 6) is -2.41. The van der Waals surface area contributed by atoms with E-state index >= 15 is 0 Å². The van der Waals surface area contributed by atoms with E-state index in [-0.39, 0.29) is 36.1 Å². The Kier molecular flexibility index (Phi) is 15.8. The molecular formula is C54H74N8O9S2. The smallest absolute Gasteiger partial charge is 0.324 e. The third-order valence-corrected chi connectivity index (χ3v) is 17.8. The number of fused-ring (bicyclic) bond motifs is 6. The predicted molar refractivity (Wildman–Crippen MR) is 283 cm³/mol. The van der Waals surface area contributed by atoms with Crippen LogP contribution in [-0.4, -0.2) is 140 Å². The number of aromatic hydroxyl groups is 1. The van der Waals surface area contributed by atoms with Crippen molar-refractivity contribution in [2.75, 3.05) is 40.9 Å². The van der Waals surface area contributed by atoms with Crippen LogP contribution in [0.4, 0.5) is 0 Å². The molecule has 4 aromatic rings. The van der Waals surface area contributed by atoms with Gasteiger partial charge < -0.3 is 29.4 Å². The lowest BCUT2D eigenvalue weighted by atomic mass is 9.84. The Hall–Kier alpha value is -5.05. The molecule has 3 N–H and O–H groups in total. The van der Waals surface area contributed by atoms with Crippen LogP contribution >= 0.6 is 11.9 Å². The second-order valence-corrected chi connectivity index (χ2v) is 26.4. The normalized spacial score (nSPS) is 23.0. The number of hydrazine groups is 1. The highest BCUT2D eigenvalue weighted by Crippen LogP contribution is 2.55. The fraction of sp³-hybridized carbons (Fsp3) is 0.574. The van der Waals surface area contributed by atoms with Gasteiger partial charge in [-0.15, -0.1) is 0 Å². The van der Waals surface area contributed by atoms with Crippen LogP contribution in [0.1, 0.15) is 97.8 Å². The van der Waals surface area contributed by atoms with E-state index in [0.29, 0.717) is 49.5 Å². The minimum Gasteiger partial charge on any atom is -0.508 e. The Labute approximate surface area is 434 Å². The zero-order chi connectivity index (χ0) is 52.9. The van der Waals surface area contributed by atoms with Crippen LogP contribution in [0.2, 0.25) is 0 Å². The van der Waals surface area contributed by atoms with Crippen molar-refractivity contribution in [2.45, 2.75) is 141 Å². The molecule has 1 aliphatic carbocycles. The first-order valence-corrected chi connectivity index (χ1v) is 27.8. The summed E-state index contributed by atoms with van der Waals surface area (Å²) in [7, 11) is 0.635. The van der Waals surface area contributed by atoms with Crippen LogP contribution in [0.5, 0.6) is 5.75 Å². The molecule has 3 aliphatic heterocycles. The predicted octanol–water partition coefficient (Wildman–Crippen LogP) is 6.50. The number of aryl methyl sites for hydroxylation is 1. The number of phenolic OH excluding ortho intramolecular Hbond substituents is 1. The van der Waals surface area contributed by atoms with Crippen molar-refractivity contribution in [3.8, 4) is 28.1 Å². The molecule has 2 aromatic heterocycles. The summed E-state index contributed by atoms with van der Waals surface area (Å²) in [6.45, 7) is 16.8. The largest absolute Gasteiger partial charge is 0.508 e. The zero-order valence-corrected chi connectivity index (χ0v) is 45.9. The third-order valence-electron chi connectivity index (χ3n) is 14.4. The Morgan fingerprint density at radius 1 is 1.07 bits per heavy atom. The molecule has 3 amide bonds. The summed E-state index contributed by atoms with van der Waals surface area (Å²) in [6.07, 6.45) is 6.94. The van der Waals surface area contributed by atoms with Gasteiger partial charge in [0.1, 0.15) is 23.9 Å². The van der Waals surface area contributed by atoms with Crippen molar-refractivity contribution >= 4 is 56.6 Å². The molecule has 0 radical (unpaired) electrons. The second kappa shape index (κ2) is 21.3. The van der Waals surface area contributed by atoms with Crippen LogP contribution in [0.15, 0.2) is 54.9 Å². The molecule has 6 atom stereocenters. The summed E-state index contributed by atoms with van der Waals surface area (Å²) < 4.78 is 45.0. The summed E-state index contributed by atoms with van der Waals surface area (Å²) in [5.41, 5.74) is 9.55. The monoisotopic (exact) mass is 1040 g/mol. The molecule has 2 aromatic carbocycles. The average Bonchev–Trinajstić information content (AvgIpc) is 4.26. The number of likely N-dealkylation sites (N-methyl/N-ethyl adjacent to an activating group) is 2. The first-order chi connectivity index (χ1) is 34.4. The van der Waals surface area contributed by atoms with E-state index in [0.717, 1.165) is 56.0 Å². The maximum Gasteiger partial charge on any atom is 0.324 e. The summed E-state index contributed by atoms with van der Waals surface area (Å²) >= 11 is 1.52. The molecule has 0 spiro atoms. The highest BCUT2D eigenvalue weighted by molar-refractivity contribution is 8.00. The van der Waals surface area contributed by atoms with Crippen LogP contribution in [-0.2, 0) is 64.7 Å². The number of esters is 1. The number of phenols is 1. The number of amides is 3. The molecule has 4 aliphatic rings. The van der Waals surface area contributed by atoms with Gasteiger partial charge in [0.2, 0.25) is 21.8 Å². The Balaban J connectivity index is 1.13. The lowest BCUT2D eigenvalue weighted by Gasteiger charge is -2.37. The lowest BCUT2D eigenvalue weighted by molar-refractivity contribution is -0.155. The fourth-order valence-electron chi connectivity index (χ4n) is 10.7. The molecule has 73 heavy (non-hydrogen) atoms. The number of sulfonamides is 1. The van der Waals surface area contributed by atoms with Gasteiger partial charge in [0.15, 0.2) is 5.37 Å². The summed E-state index contributed by atoms with van der Waals surface area (Å²) in [6, 6.07) is 10.0. The molecule has 2 saturated heterocycles. The number of methoxy groups -OCH3 is 1. The lowest BCUT2D eigenvalue weighted by Crippen LogP contribution is -2.62. The van der Waals surface area contributed by atoms with Gasteiger partial charge in [0.05, 0.1) is 31.5 Å². The fourth-order valence-corrected chi connectivity index (χ4v) is 14.1. The molecule has 8 rings (SSSR count). The van der Waals surface area contributed by atoms with Crippen LogP contribution in [0.25, 0.3) is 33.3 Å². The van der Waals surface area contributed by atoms with Crippen molar-refractivity contribution in [2.24, 2.45) is 17.3 Å². The SMILES string of the molecule is CCn1c(-c2cnccc2COC)c2c3cc(ccc31)-c1cc(O)cc(c1)C[C@H](NC(=O)C(C(C)C)N(C)C(=O)CN(C)S(=O)(=O)[C@@H]1C(C3CC3)N1SC(C)(C)C)C(=O)N1CCC[C@H](N1)C(=O)OCC(C)(C)C2. The number of ether oxygens (including phenoxy) is 2. The molecule has 3 unspecified atom stereocenters. The van der Waals surface area contributed by atoms with Crippen molar-refractivity contribution in [1.82, 2.24) is 38.8 Å². The minimum atomic E-state index is -3.92. The summed E-state index contributed by atoms with van der Waals surface area (Å²) in [4.78, 5) is 63.4. The van der Waals surface area contributed by atoms with Crippen molar-refractivity contribution in [3.05, 3.63) is 71.5 Å².